The van der Waals surface area contributed by atoms with Gasteiger partial charge < -0.3 is 10.0 Å². The van der Waals surface area contributed by atoms with Crippen LogP contribution in [0.2, 0.25) is 0 Å². The van der Waals surface area contributed by atoms with E-state index in [2.05, 4.69) is 0 Å². The average molecular weight is 252 g/mol. The van der Waals surface area contributed by atoms with Gasteiger partial charge in [-0.3, -0.25) is 4.84 Å². The van der Waals surface area contributed by atoms with Crippen molar-refractivity contribution in [2.24, 2.45) is 5.90 Å². The minimum Gasteiger partial charge on any atom is -0.465 e. The maximum absolute atomic E-state index is 11.3. The van der Waals surface area contributed by atoms with Gasteiger partial charge in [-0.05, 0) is 26.3 Å². The molecule has 0 radical (unpaired) electrons. The van der Waals surface area contributed by atoms with E-state index in [1.54, 1.807) is 0 Å². The zero-order valence-electron chi connectivity index (χ0n) is 11.0. The first kappa shape index (κ1) is 14.5. The van der Waals surface area contributed by atoms with Crippen LogP contribution < -0.4 is 5.90 Å². The molecule has 0 heterocycles. The van der Waals surface area contributed by atoms with Gasteiger partial charge in [0.15, 0.2) is 0 Å². The Labute approximate surface area is 107 Å². The summed E-state index contributed by atoms with van der Waals surface area (Å²) in [5, 5.41) is 9.23. The predicted molar refractivity (Wildman–Crippen MR) is 68.9 cm³/mol. The maximum atomic E-state index is 11.3. The van der Waals surface area contributed by atoms with Gasteiger partial charge in [-0.15, -0.1) is 0 Å². The molecule has 3 N–H and O–H groups in total. The van der Waals surface area contributed by atoms with Crippen molar-refractivity contribution in [2.75, 3.05) is 6.54 Å². The van der Waals surface area contributed by atoms with E-state index in [1.165, 1.54) is 4.90 Å². The Morgan fingerprint density at radius 1 is 1.39 bits per heavy atom. The molecule has 0 aromatic heterocycles. The number of hydrogen-bond acceptors (Lipinski definition) is 3. The normalized spacial score (nSPS) is 13.1. The smallest absolute Gasteiger partial charge is 0.407 e. The largest absolute Gasteiger partial charge is 0.465 e. The van der Waals surface area contributed by atoms with E-state index in [0.717, 1.165) is 5.56 Å². The standard InChI is InChI=1S/C13H20N2O3/c1-13(2,3)15(12(16)17)9-11(18-14)10-7-5-4-6-8-10/h4-8,11H,9,14H2,1-3H3,(H,16,17). The lowest BCUT2D eigenvalue weighted by Gasteiger charge is -2.35. The van der Waals surface area contributed by atoms with Gasteiger partial charge in [-0.1, -0.05) is 30.3 Å². The monoisotopic (exact) mass is 252 g/mol. The first-order chi connectivity index (χ1) is 8.36. The SMILES string of the molecule is CC(C)(C)N(CC(ON)c1ccccc1)C(=O)O. The molecule has 1 atom stereocenters. The molecule has 0 aliphatic heterocycles. The molecule has 0 saturated carbocycles. The van der Waals surface area contributed by atoms with Crippen molar-refractivity contribution in [1.82, 2.24) is 4.90 Å². The Morgan fingerprint density at radius 2 is 1.94 bits per heavy atom. The van der Waals surface area contributed by atoms with Crippen molar-refractivity contribution in [3.8, 4) is 0 Å². The Morgan fingerprint density at radius 3 is 2.33 bits per heavy atom. The fourth-order valence-corrected chi connectivity index (χ4v) is 1.70. The molecule has 100 valence electrons. The highest BCUT2D eigenvalue weighted by atomic mass is 16.6. The molecule has 5 nitrogen and oxygen atoms in total. The molecular formula is C13H20N2O3. The number of nitrogens with zero attached hydrogens (tertiary/aromatic N) is 1. The minimum atomic E-state index is -0.986. The van der Waals surface area contributed by atoms with Crippen LogP contribution >= 0.6 is 0 Å². The fraction of sp³-hybridized carbons (Fsp3) is 0.462. The van der Waals surface area contributed by atoms with Crippen molar-refractivity contribution < 1.29 is 14.7 Å². The summed E-state index contributed by atoms with van der Waals surface area (Å²) in [5.41, 5.74) is 0.354. The molecule has 1 unspecified atom stereocenters. The second-order valence-corrected chi connectivity index (χ2v) is 5.10. The molecule has 0 bridgehead atoms. The van der Waals surface area contributed by atoms with Crippen LogP contribution in [-0.4, -0.2) is 28.2 Å². The van der Waals surface area contributed by atoms with Crippen molar-refractivity contribution in [3.63, 3.8) is 0 Å². The molecule has 0 fully saturated rings. The van der Waals surface area contributed by atoms with Gasteiger partial charge in [-0.2, -0.15) is 0 Å². The van der Waals surface area contributed by atoms with Gasteiger partial charge >= 0.3 is 6.09 Å². The Hall–Kier alpha value is -1.59. The fourth-order valence-electron chi connectivity index (χ4n) is 1.70. The van der Waals surface area contributed by atoms with Gasteiger partial charge in [0.1, 0.15) is 6.10 Å². The van der Waals surface area contributed by atoms with Gasteiger partial charge in [0.2, 0.25) is 0 Å². The summed E-state index contributed by atoms with van der Waals surface area (Å²) in [6.07, 6.45) is -1.46. The molecule has 1 rings (SSSR count). The van der Waals surface area contributed by atoms with E-state index in [9.17, 15) is 9.90 Å². The third-order valence-electron chi connectivity index (χ3n) is 2.72. The highest BCUT2D eigenvalue weighted by Crippen LogP contribution is 2.22. The van der Waals surface area contributed by atoms with Crippen LogP contribution in [0, 0.1) is 0 Å². The molecule has 0 aliphatic carbocycles. The van der Waals surface area contributed by atoms with Gasteiger partial charge in [0.05, 0.1) is 6.54 Å². The van der Waals surface area contributed by atoms with Gasteiger partial charge in [0, 0.05) is 5.54 Å². The van der Waals surface area contributed by atoms with Crippen LogP contribution in [0.3, 0.4) is 0 Å². The highest BCUT2D eigenvalue weighted by molar-refractivity contribution is 5.66. The van der Waals surface area contributed by atoms with Crippen molar-refractivity contribution in [1.29, 1.82) is 0 Å². The first-order valence-corrected chi connectivity index (χ1v) is 5.77. The minimum absolute atomic E-state index is 0.194. The van der Waals surface area contributed by atoms with Crippen molar-refractivity contribution in [2.45, 2.75) is 32.4 Å². The molecule has 1 aromatic carbocycles. The molecular weight excluding hydrogens is 232 g/mol. The first-order valence-electron chi connectivity index (χ1n) is 5.77. The number of rotatable bonds is 4. The van der Waals surface area contributed by atoms with Crippen LogP contribution in [0.5, 0.6) is 0 Å². The number of carbonyl (C=O) groups is 1. The van der Waals surface area contributed by atoms with E-state index in [1.807, 2.05) is 51.1 Å². The lowest BCUT2D eigenvalue weighted by atomic mass is 10.0. The number of nitrogens with two attached hydrogens (primary N) is 1. The second kappa shape index (κ2) is 5.84. The Bertz CT molecular complexity index is 387. The number of hydrogen-bond donors (Lipinski definition) is 2. The third kappa shape index (κ3) is 3.72. The lowest BCUT2D eigenvalue weighted by molar-refractivity contribution is 0.00532. The van der Waals surface area contributed by atoms with Gasteiger partial charge in [-0.25, -0.2) is 10.7 Å². The molecule has 1 aromatic rings. The third-order valence-corrected chi connectivity index (χ3v) is 2.72. The van der Waals surface area contributed by atoms with E-state index in [4.69, 9.17) is 10.7 Å². The second-order valence-electron chi connectivity index (χ2n) is 5.10. The van der Waals surface area contributed by atoms with Crippen LogP contribution in [0.25, 0.3) is 0 Å². The molecule has 0 spiro atoms. The summed E-state index contributed by atoms with van der Waals surface area (Å²) in [6.45, 7) is 5.69. The van der Waals surface area contributed by atoms with Crippen LogP contribution in [-0.2, 0) is 4.84 Å². The lowest BCUT2D eigenvalue weighted by Crippen LogP contribution is -2.47. The van der Waals surface area contributed by atoms with Crippen LogP contribution in [0.15, 0.2) is 30.3 Å². The molecule has 5 heteroatoms. The van der Waals surface area contributed by atoms with Gasteiger partial charge in [0.25, 0.3) is 0 Å². The molecule has 1 amide bonds. The maximum Gasteiger partial charge on any atom is 0.407 e. The highest BCUT2D eigenvalue weighted by Gasteiger charge is 2.29. The van der Waals surface area contributed by atoms with E-state index in [0.29, 0.717) is 0 Å². The Kier molecular flexibility index (Phi) is 4.69. The number of amides is 1. The number of carboxylic acid groups (broad SMARTS) is 1. The summed E-state index contributed by atoms with van der Waals surface area (Å²) in [5.74, 6) is 5.28. The Balaban J connectivity index is 2.88. The van der Waals surface area contributed by atoms with Crippen molar-refractivity contribution in [3.05, 3.63) is 35.9 Å². The summed E-state index contributed by atoms with van der Waals surface area (Å²) in [7, 11) is 0. The molecule has 18 heavy (non-hydrogen) atoms. The number of benzene rings is 1. The zero-order valence-corrected chi connectivity index (χ0v) is 11.0. The summed E-state index contributed by atoms with van der Waals surface area (Å²) < 4.78 is 0. The van der Waals surface area contributed by atoms with E-state index in [-0.39, 0.29) is 6.54 Å². The van der Waals surface area contributed by atoms with Crippen LogP contribution in [0.4, 0.5) is 4.79 Å². The summed E-state index contributed by atoms with van der Waals surface area (Å²) in [6, 6.07) is 9.34. The van der Waals surface area contributed by atoms with E-state index >= 15 is 0 Å². The molecule has 0 saturated heterocycles. The van der Waals surface area contributed by atoms with E-state index < -0.39 is 17.7 Å². The quantitative estimate of drug-likeness (QED) is 0.807. The average Bonchev–Trinajstić information content (AvgIpc) is 2.29. The predicted octanol–water partition coefficient (Wildman–Crippen LogP) is 2.40. The summed E-state index contributed by atoms with van der Waals surface area (Å²) in [4.78, 5) is 17.5. The summed E-state index contributed by atoms with van der Waals surface area (Å²) >= 11 is 0. The van der Waals surface area contributed by atoms with Crippen molar-refractivity contribution >= 4 is 6.09 Å². The van der Waals surface area contributed by atoms with Crippen LogP contribution in [0.1, 0.15) is 32.4 Å². The topological polar surface area (TPSA) is 75.8 Å². The molecule has 0 aliphatic rings. The zero-order chi connectivity index (χ0) is 13.8.